The monoisotopic (exact) mass is 193 g/mol. The highest BCUT2D eigenvalue weighted by Gasteiger charge is 2.04. The fourth-order valence-electron chi connectivity index (χ4n) is 1.35. The fraction of sp³-hybridized carbons (Fsp3) is 0.545. The molecule has 0 amide bonds. The third-order valence-electron chi connectivity index (χ3n) is 2.46. The summed E-state index contributed by atoms with van der Waals surface area (Å²) in [7, 11) is 0. The maximum Gasteiger partial charge on any atom is 0.126 e. The van der Waals surface area contributed by atoms with Crippen LogP contribution in [-0.4, -0.2) is 11.0 Å². The minimum Gasteiger partial charge on any atom is -0.397 e. The minimum absolute atomic E-state index is 0.505. The van der Waals surface area contributed by atoms with Gasteiger partial charge in [-0.2, -0.15) is 0 Å². The van der Waals surface area contributed by atoms with Gasteiger partial charge < -0.3 is 11.1 Å². The Bertz CT molecular complexity index is 293. The van der Waals surface area contributed by atoms with Crippen LogP contribution in [0.2, 0.25) is 0 Å². The predicted molar refractivity (Wildman–Crippen MR) is 61.4 cm³/mol. The molecule has 14 heavy (non-hydrogen) atoms. The van der Waals surface area contributed by atoms with Gasteiger partial charge in [-0.05, 0) is 31.9 Å². The zero-order valence-corrected chi connectivity index (χ0v) is 9.17. The van der Waals surface area contributed by atoms with Gasteiger partial charge in [0.15, 0.2) is 0 Å². The highest BCUT2D eigenvalue weighted by atomic mass is 15.0. The molecule has 0 unspecified atom stereocenters. The molecule has 0 aromatic carbocycles. The van der Waals surface area contributed by atoms with E-state index in [1.165, 1.54) is 0 Å². The molecule has 0 atom stereocenters. The number of rotatable bonds is 4. The van der Waals surface area contributed by atoms with Crippen LogP contribution in [0, 0.1) is 6.92 Å². The lowest BCUT2D eigenvalue weighted by Crippen LogP contribution is -2.18. The van der Waals surface area contributed by atoms with Crippen LogP contribution >= 0.6 is 0 Å². The van der Waals surface area contributed by atoms with E-state index in [4.69, 9.17) is 5.73 Å². The third kappa shape index (κ3) is 2.62. The van der Waals surface area contributed by atoms with Gasteiger partial charge in [-0.25, -0.2) is 4.98 Å². The minimum atomic E-state index is 0.505. The molecule has 0 aliphatic rings. The molecule has 78 valence electrons. The lowest BCUT2D eigenvalue weighted by atomic mass is 10.2. The molecule has 1 heterocycles. The van der Waals surface area contributed by atoms with E-state index in [2.05, 4.69) is 24.1 Å². The summed E-state index contributed by atoms with van der Waals surface area (Å²) in [4.78, 5) is 4.37. The average Bonchev–Trinajstić information content (AvgIpc) is 2.19. The highest BCUT2D eigenvalue weighted by Crippen LogP contribution is 2.14. The Hall–Kier alpha value is -1.25. The van der Waals surface area contributed by atoms with Gasteiger partial charge in [-0.1, -0.05) is 13.8 Å². The molecular weight excluding hydrogens is 174 g/mol. The summed E-state index contributed by atoms with van der Waals surface area (Å²) in [6.07, 6.45) is 2.23. The largest absolute Gasteiger partial charge is 0.397 e. The van der Waals surface area contributed by atoms with Crippen LogP contribution in [0.1, 0.15) is 32.4 Å². The van der Waals surface area contributed by atoms with Crippen LogP contribution in [0.25, 0.3) is 0 Å². The molecule has 1 rings (SSSR count). The first-order valence-electron chi connectivity index (χ1n) is 5.17. The maximum absolute atomic E-state index is 5.69. The number of nitrogens with zero attached hydrogens (tertiary/aromatic N) is 1. The van der Waals surface area contributed by atoms with Gasteiger partial charge >= 0.3 is 0 Å². The summed E-state index contributed by atoms with van der Waals surface area (Å²) in [6, 6.07) is 4.33. The van der Waals surface area contributed by atoms with E-state index in [9.17, 15) is 0 Å². The molecule has 0 saturated heterocycles. The van der Waals surface area contributed by atoms with Gasteiger partial charge in [0.1, 0.15) is 5.82 Å². The number of nitrogen functional groups attached to an aromatic ring is 1. The summed E-state index contributed by atoms with van der Waals surface area (Å²) in [5, 5.41) is 3.38. The zero-order valence-electron chi connectivity index (χ0n) is 9.17. The van der Waals surface area contributed by atoms with Gasteiger partial charge in [-0.3, -0.25) is 0 Å². The first-order chi connectivity index (χ1) is 6.67. The lowest BCUT2D eigenvalue weighted by Gasteiger charge is -2.15. The van der Waals surface area contributed by atoms with E-state index in [1.807, 2.05) is 19.1 Å². The van der Waals surface area contributed by atoms with Gasteiger partial charge in [0.25, 0.3) is 0 Å². The number of nitrogens with two attached hydrogens (primary N) is 1. The molecule has 3 nitrogen and oxygen atoms in total. The van der Waals surface area contributed by atoms with E-state index in [0.717, 1.165) is 30.0 Å². The van der Waals surface area contributed by atoms with E-state index in [0.29, 0.717) is 6.04 Å². The van der Waals surface area contributed by atoms with Gasteiger partial charge in [0.05, 0.1) is 11.4 Å². The molecule has 3 heteroatoms. The van der Waals surface area contributed by atoms with Gasteiger partial charge in [-0.15, -0.1) is 0 Å². The Labute approximate surface area is 85.7 Å². The molecule has 0 fully saturated rings. The highest BCUT2D eigenvalue weighted by molar-refractivity contribution is 5.49. The average molecular weight is 193 g/mol. The number of aromatic nitrogens is 1. The Morgan fingerprint density at radius 3 is 2.50 bits per heavy atom. The molecule has 0 radical (unpaired) electrons. The van der Waals surface area contributed by atoms with E-state index in [-0.39, 0.29) is 0 Å². The van der Waals surface area contributed by atoms with Crippen molar-refractivity contribution in [3.05, 3.63) is 17.8 Å². The van der Waals surface area contributed by atoms with Crippen LogP contribution in [0.4, 0.5) is 11.5 Å². The van der Waals surface area contributed by atoms with Crippen LogP contribution in [0.5, 0.6) is 0 Å². The molecule has 0 aliphatic carbocycles. The number of hydrogen-bond donors (Lipinski definition) is 2. The van der Waals surface area contributed by atoms with E-state index in [1.54, 1.807) is 0 Å². The summed E-state index contributed by atoms with van der Waals surface area (Å²) >= 11 is 0. The Morgan fingerprint density at radius 1 is 1.36 bits per heavy atom. The second kappa shape index (κ2) is 4.84. The molecule has 0 bridgehead atoms. The smallest absolute Gasteiger partial charge is 0.126 e. The first-order valence-corrected chi connectivity index (χ1v) is 5.17. The standard InChI is InChI=1S/C11H19N3/c1-4-9(5-2)14-11-7-6-10(12)8(3)13-11/h6-7,9H,4-5,12H2,1-3H3,(H,13,14). The molecule has 1 aromatic heterocycles. The van der Waals surface area contributed by atoms with Crippen LogP contribution in [-0.2, 0) is 0 Å². The van der Waals surface area contributed by atoms with Crippen molar-refractivity contribution in [1.82, 2.24) is 4.98 Å². The van der Waals surface area contributed by atoms with Crippen molar-refractivity contribution in [3.8, 4) is 0 Å². The van der Waals surface area contributed by atoms with Gasteiger partial charge in [0.2, 0.25) is 0 Å². The zero-order chi connectivity index (χ0) is 10.6. The van der Waals surface area contributed by atoms with Crippen molar-refractivity contribution < 1.29 is 0 Å². The molecular formula is C11H19N3. The van der Waals surface area contributed by atoms with E-state index >= 15 is 0 Å². The topological polar surface area (TPSA) is 50.9 Å². The second-order valence-corrected chi connectivity index (χ2v) is 3.53. The summed E-state index contributed by atoms with van der Waals surface area (Å²) in [5.74, 6) is 0.922. The predicted octanol–water partition coefficient (Wildman–Crippen LogP) is 2.57. The Morgan fingerprint density at radius 2 is 2.00 bits per heavy atom. The van der Waals surface area contributed by atoms with Crippen molar-refractivity contribution in [2.75, 3.05) is 11.1 Å². The third-order valence-corrected chi connectivity index (χ3v) is 2.46. The van der Waals surface area contributed by atoms with Crippen LogP contribution < -0.4 is 11.1 Å². The van der Waals surface area contributed by atoms with Crippen molar-refractivity contribution in [2.45, 2.75) is 39.7 Å². The second-order valence-electron chi connectivity index (χ2n) is 3.53. The maximum atomic E-state index is 5.69. The van der Waals surface area contributed by atoms with Crippen LogP contribution in [0.3, 0.4) is 0 Å². The summed E-state index contributed by atoms with van der Waals surface area (Å²) in [6.45, 7) is 6.27. The normalized spacial score (nSPS) is 10.6. The molecule has 0 spiro atoms. The van der Waals surface area contributed by atoms with Crippen molar-refractivity contribution in [3.63, 3.8) is 0 Å². The quantitative estimate of drug-likeness (QED) is 0.772. The SMILES string of the molecule is CCC(CC)Nc1ccc(N)c(C)n1. The molecule has 0 saturated carbocycles. The lowest BCUT2D eigenvalue weighted by molar-refractivity contribution is 0.668. The van der Waals surface area contributed by atoms with E-state index < -0.39 is 0 Å². The fourth-order valence-corrected chi connectivity index (χ4v) is 1.35. The molecule has 0 aliphatic heterocycles. The number of pyridine rings is 1. The molecule has 3 N–H and O–H groups in total. The first kappa shape index (κ1) is 10.8. The summed E-state index contributed by atoms with van der Waals surface area (Å²) < 4.78 is 0. The van der Waals surface area contributed by atoms with Crippen LogP contribution in [0.15, 0.2) is 12.1 Å². The number of aryl methyl sites for hydroxylation is 1. The van der Waals surface area contributed by atoms with Crippen molar-refractivity contribution >= 4 is 11.5 Å². The Kier molecular flexibility index (Phi) is 3.74. The summed E-state index contributed by atoms with van der Waals surface area (Å²) in [5.41, 5.74) is 7.33. The number of nitrogens with one attached hydrogen (secondary N) is 1. The molecule has 1 aromatic rings. The van der Waals surface area contributed by atoms with Gasteiger partial charge in [0, 0.05) is 6.04 Å². The van der Waals surface area contributed by atoms with Crippen molar-refractivity contribution in [1.29, 1.82) is 0 Å². The number of hydrogen-bond acceptors (Lipinski definition) is 3. The Balaban J connectivity index is 2.72. The van der Waals surface area contributed by atoms with Crippen molar-refractivity contribution in [2.24, 2.45) is 0 Å². The number of anilines is 2.